The van der Waals surface area contributed by atoms with Crippen LogP contribution in [0.25, 0.3) is 28.1 Å². The number of nitrogens with one attached hydrogen (secondary N) is 1. The lowest BCUT2D eigenvalue weighted by Crippen LogP contribution is -2.28. The minimum atomic E-state index is -0.711. The lowest BCUT2D eigenvalue weighted by Gasteiger charge is -2.26. The summed E-state index contributed by atoms with van der Waals surface area (Å²) in [6.07, 6.45) is 1.97. The van der Waals surface area contributed by atoms with Crippen molar-refractivity contribution in [3.05, 3.63) is 76.4 Å². The van der Waals surface area contributed by atoms with E-state index >= 15 is 0 Å². The number of nitrogens with zero attached hydrogens (tertiary/aromatic N) is 5. The maximum Gasteiger partial charge on any atom is 0.359 e. The van der Waals surface area contributed by atoms with Gasteiger partial charge >= 0.3 is 11.7 Å². The van der Waals surface area contributed by atoms with E-state index in [0.29, 0.717) is 29.8 Å². The SMILES string of the molecule is CCOC(=O)c1nc(-n2cnc3ccc(F)cc32)nc2c1[nH]c(=O)n2C1CCOc2ccccc21. The summed E-state index contributed by atoms with van der Waals surface area (Å²) in [5, 5.41) is 0. The fraction of sp³-hybridized carbons (Fsp3) is 0.208. The summed E-state index contributed by atoms with van der Waals surface area (Å²) in [5.41, 5.74) is 1.62. The number of halogens is 1. The van der Waals surface area contributed by atoms with Gasteiger partial charge in [0.25, 0.3) is 0 Å². The standard InChI is InChI=1S/C24H19FN6O4/c1-2-34-22(32)20-19-21(29-23(27-20)30-12-26-15-8-7-13(25)11-17(15)30)31(24(33)28-19)16-9-10-35-18-6-4-3-5-14(16)18/h3-8,11-12,16H,2,9-10H2,1H3,(H,28,33). The maximum absolute atomic E-state index is 14.0. The number of aromatic amines is 1. The third kappa shape index (κ3) is 3.35. The van der Waals surface area contributed by atoms with Crippen LogP contribution in [0.15, 0.2) is 53.6 Å². The van der Waals surface area contributed by atoms with E-state index in [9.17, 15) is 14.0 Å². The number of esters is 1. The van der Waals surface area contributed by atoms with E-state index in [2.05, 4.69) is 19.9 Å². The summed E-state index contributed by atoms with van der Waals surface area (Å²) in [4.78, 5) is 42.1. The van der Waals surface area contributed by atoms with Gasteiger partial charge in [-0.1, -0.05) is 18.2 Å². The van der Waals surface area contributed by atoms with E-state index in [0.717, 1.165) is 5.56 Å². The van der Waals surface area contributed by atoms with Crippen LogP contribution in [-0.2, 0) is 4.74 Å². The average molecular weight is 474 g/mol. The number of aromatic nitrogens is 6. The van der Waals surface area contributed by atoms with Crippen molar-refractivity contribution in [2.75, 3.05) is 13.2 Å². The van der Waals surface area contributed by atoms with Crippen molar-refractivity contribution < 1.29 is 18.7 Å². The number of carbonyl (C=O) groups is 1. The summed E-state index contributed by atoms with van der Waals surface area (Å²) in [5.74, 6) is -0.427. The topological polar surface area (TPSA) is 117 Å². The zero-order valence-electron chi connectivity index (χ0n) is 18.6. The highest BCUT2D eigenvalue weighted by Crippen LogP contribution is 2.35. The Morgan fingerprint density at radius 1 is 1.26 bits per heavy atom. The molecule has 0 aliphatic carbocycles. The highest BCUT2D eigenvalue weighted by Gasteiger charge is 2.29. The molecule has 1 unspecified atom stereocenters. The van der Waals surface area contributed by atoms with Gasteiger partial charge in [-0.25, -0.2) is 23.9 Å². The highest BCUT2D eigenvalue weighted by atomic mass is 19.1. The fourth-order valence-electron chi connectivity index (χ4n) is 4.47. The molecule has 5 aromatic rings. The number of rotatable bonds is 4. The minimum Gasteiger partial charge on any atom is -0.493 e. The van der Waals surface area contributed by atoms with Crippen LogP contribution in [0.1, 0.15) is 35.4 Å². The van der Waals surface area contributed by atoms with Gasteiger partial charge in [-0.15, -0.1) is 0 Å². The molecule has 0 bridgehead atoms. The Kier molecular flexibility index (Phi) is 4.83. The van der Waals surface area contributed by atoms with E-state index in [1.807, 2.05) is 24.3 Å². The van der Waals surface area contributed by atoms with E-state index in [4.69, 9.17) is 9.47 Å². The number of H-pyrrole nitrogens is 1. The molecule has 0 spiro atoms. The molecule has 0 saturated heterocycles. The number of hydrogen-bond donors (Lipinski definition) is 1. The van der Waals surface area contributed by atoms with Crippen LogP contribution in [0.4, 0.5) is 4.39 Å². The molecule has 2 aromatic carbocycles. The number of para-hydroxylation sites is 1. The molecule has 0 fully saturated rings. The molecule has 0 radical (unpaired) electrons. The minimum absolute atomic E-state index is 0.0572. The number of fused-ring (bicyclic) bond motifs is 3. The molecule has 1 atom stereocenters. The highest BCUT2D eigenvalue weighted by molar-refractivity contribution is 5.99. The van der Waals surface area contributed by atoms with Gasteiger partial charge in [0, 0.05) is 18.1 Å². The number of benzene rings is 2. The summed E-state index contributed by atoms with van der Waals surface area (Å²) in [6, 6.07) is 11.2. The summed E-state index contributed by atoms with van der Waals surface area (Å²) in [6.45, 7) is 2.21. The third-order valence-corrected chi connectivity index (χ3v) is 5.99. The van der Waals surface area contributed by atoms with Crippen molar-refractivity contribution in [3.8, 4) is 11.7 Å². The summed E-state index contributed by atoms with van der Waals surface area (Å²) >= 11 is 0. The number of imidazole rings is 2. The Morgan fingerprint density at radius 2 is 2.11 bits per heavy atom. The average Bonchev–Trinajstić information content (AvgIpc) is 3.43. The Morgan fingerprint density at radius 3 is 2.97 bits per heavy atom. The first-order valence-electron chi connectivity index (χ1n) is 11.1. The zero-order valence-corrected chi connectivity index (χ0v) is 18.6. The van der Waals surface area contributed by atoms with E-state index in [1.165, 1.54) is 33.7 Å². The molecule has 1 N–H and O–H groups in total. The van der Waals surface area contributed by atoms with Crippen molar-refractivity contribution in [1.82, 2.24) is 29.1 Å². The fourth-order valence-corrected chi connectivity index (χ4v) is 4.47. The van der Waals surface area contributed by atoms with Crippen LogP contribution < -0.4 is 10.4 Å². The van der Waals surface area contributed by atoms with E-state index in [1.54, 1.807) is 6.92 Å². The van der Waals surface area contributed by atoms with E-state index in [-0.39, 0.29) is 35.5 Å². The van der Waals surface area contributed by atoms with Crippen molar-refractivity contribution in [2.24, 2.45) is 0 Å². The largest absolute Gasteiger partial charge is 0.493 e. The van der Waals surface area contributed by atoms with Crippen molar-refractivity contribution >= 4 is 28.2 Å². The Labute approximate surface area is 197 Å². The Bertz CT molecular complexity index is 1670. The molecule has 11 heteroatoms. The molecular weight excluding hydrogens is 455 g/mol. The van der Waals surface area contributed by atoms with Gasteiger partial charge in [0.05, 0.1) is 30.3 Å². The first-order chi connectivity index (χ1) is 17.0. The Balaban J connectivity index is 1.63. The molecular formula is C24H19FN6O4. The molecule has 3 aromatic heterocycles. The first kappa shape index (κ1) is 21.0. The summed E-state index contributed by atoms with van der Waals surface area (Å²) in [7, 11) is 0. The number of ether oxygens (including phenoxy) is 2. The molecule has 6 rings (SSSR count). The van der Waals surface area contributed by atoms with Crippen molar-refractivity contribution in [3.63, 3.8) is 0 Å². The van der Waals surface area contributed by atoms with Crippen LogP contribution in [0.5, 0.6) is 5.75 Å². The molecule has 1 aliphatic heterocycles. The quantitative estimate of drug-likeness (QED) is 0.398. The molecule has 0 saturated carbocycles. The van der Waals surface area contributed by atoms with Crippen molar-refractivity contribution in [1.29, 1.82) is 0 Å². The number of carbonyl (C=O) groups excluding carboxylic acids is 1. The van der Waals surface area contributed by atoms with Gasteiger partial charge in [-0.05, 0) is 25.1 Å². The zero-order chi connectivity index (χ0) is 24.1. The Hall–Kier alpha value is -4.54. The molecule has 10 nitrogen and oxygen atoms in total. The second-order valence-electron chi connectivity index (χ2n) is 8.03. The lowest BCUT2D eigenvalue weighted by atomic mass is 10.0. The van der Waals surface area contributed by atoms with Crippen molar-refractivity contribution in [2.45, 2.75) is 19.4 Å². The lowest BCUT2D eigenvalue weighted by molar-refractivity contribution is 0.0521. The predicted molar refractivity (Wildman–Crippen MR) is 123 cm³/mol. The van der Waals surface area contributed by atoms with Gasteiger partial charge in [-0.3, -0.25) is 9.13 Å². The second-order valence-corrected chi connectivity index (χ2v) is 8.03. The van der Waals surface area contributed by atoms with Gasteiger partial charge in [0.1, 0.15) is 23.4 Å². The third-order valence-electron chi connectivity index (χ3n) is 5.99. The predicted octanol–water partition coefficient (Wildman–Crippen LogP) is 3.15. The van der Waals surface area contributed by atoms with Crippen LogP contribution >= 0.6 is 0 Å². The van der Waals surface area contributed by atoms with Gasteiger partial charge < -0.3 is 14.5 Å². The number of hydrogen-bond acceptors (Lipinski definition) is 7. The monoisotopic (exact) mass is 474 g/mol. The molecule has 4 heterocycles. The normalized spacial score (nSPS) is 15.2. The summed E-state index contributed by atoms with van der Waals surface area (Å²) < 4.78 is 27.9. The maximum atomic E-state index is 14.0. The smallest absolute Gasteiger partial charge is 0.359 e. The van der Waals surface area contributed by atoms with Crippen LogP contribution in [0.2, 0.25) is 0 Å². The van der Waals surface area contributed by atoms with Gasteiger partial charge in [-0.2, -0.15) is 4.98 Å². The molecule has 176 valence electrons. The van der Waals surface area contributed by atoms with Gasteiger partial charge in [0.15, 0.2) is 11.3 Å². The van der Waals surface area contributed by atoms with Gasteiger partial charge in [0.2, 0.25) is 5.95 Å². The molecule has 35 heavy (non-hydrogen) atoms. The van der Waals surface area contributed by atoms with E-state index < -0.39 is 17.5 Å². The van der Waals surface area contributed by atoms with Crippen LogP contribution in [0.3, 0.4) is 0 Å². The van der Waals surface area contributed by atoms with Crippen LogP contribution in [-0.4, -0.2) is 48.3 Å². The molecule has 1 aliphatic rings. The second kappa shape index (κ2) is 8.05. The van der Waals surface area contributed by atoms with Crippen LogP contribution in [0, 0.1) is 5.82 Å². The molecule has 0 amide bonds. The first-order valence-corrected chi connectivity index (χ1v) is 11.1.